The molecule has 1 aromatic rings. The fraction of sp³-hybridized carbons (Fsp3) is 0.583. The molecule has 0 aromatic carbocycles. The number of fused-ring (bicyclic) bond motifs is 2. The summed E-state index contributed by atoms with van der Waals surface area (Å²) in [6.45, 7) is 0. The normalized spacial score (nSPS) is 33.1. The highest BCUT2D eigenvalue weighted by Gasteiger charge is 2.43. The first-order valence-electron chi connectivity index (χ1n) is 5.90. The fourth-order valence-electron chi connectivity index (χ4n) is 3.08. The van der Waals surface area contributed by atoms with Crippen molar-refractivity contribution >= 4 is 5.91 Å². The first-order chi connectivity index (χ1) is 7.75. The molecule has 2 unspecified atom stereocenters. The molecule has 2 aliphatic rings. The second-order valence-electron chi connectivity index (χ2n) is 4.81. The van der Waals surface area contributed by atoms with E-state index in [9.17, 15) is 9.90 Å². The van der Waals surface area contributed by atoms with Gasteiger partial charge in [-0.3, -0.25) is 4.79 Å². The molecule has 0 radical (unpaired) electrons. The van der Waals surface area contributed by atoms with Gasteiger partial charge in [-0.05, 0) is 37.8 Å². The second-order valence-corrected chi connectivity index (χ2v) is 4.81. The van der Waals surface area contributed by atoms with Gasteiger partial charge in [0.2, 0.25) is 0 Å². The Hall–Kier alpha value is -1.29. The Balaban J connectivity index is 1.84. The van der Waals surface area contributed by atoms with Crippen LogP contribution in [0.2, 0.25) is 0 Å². The van der Waals surface area contributed by atoms with Crippen molar-refractivity contribution in [1.29, 1.82) is 0 Å². The van der Waals surface area contributed by atoms with Gasteiger partial charge in [0.05, 0.1) is 6.10 Å². The summed E-state index contributed by atoms with van der Waals surface area (Å²) in [4.78, 5) is 17.2. The van der Waals surface area contributed by atoms with Crippen LogP contribution in [0.4, 0.5) is 0 Å². The number of carbonyl (C=O) groups is 1. The predicted molar refractivity (Wildman–Crippen MR) is 59.0 cm³/mol. The van der Waals surface area contributed by atoms with Crippen LogP contribution in [0.15, 0.2) is 18.3 Å². The van der Waals surface area contributed by atoms with E-state index < -0.39 is 0 Å². The van der Waals surface area contributed by atoms with E-state index in [1.807, 2.05) is 17.0 Å². The Morgan fingerprint density at radius 3 is 2.62 bits per heavy atom. The van der Waals surface area contributed by atoms with Crippen LogP contribution in [0.5, 0.6) is 0 Å². The number of piperidine rings is 1. The number of amides is 1. The third-order valence-corrected chi connectivity index (χ3v) is 3.77. The lowest BCUT2D eigenvalue weighted by Crippen LogP contribution is -2.48. The Kier molecular flexibility index (Phi) is 2.24. The molecule has 0 saturated carbocycles. The highest BCUT2D eigenvalue weighted by atomic mass is 16.3. The number of rotatable bonds is 1. The number of aliphatic hydroxyl groups excluding tert-OH is 1. The number of H-pyrrole nitrogens is 1. The van der Waals surface area contributed by atoms with Crippen LogP contribution in [0.3, 0.4) is 0 Å². The number of aromatic nitrogens is 1. The lowest BCUT2D eigenvalue weighted by atomic mass is 9.99. The number of aliphatic hydroxyl groups is 1. The Labute approximate surface area is 94.3 Å². The van der Waals surface area contributed by atoms with Crippen LogP contribution >= 0.6 is 0 Å². The van der Waals surface area contributed by atoms with Gasteiger partial charge in [0, 0.05) is 18.3 Å². The predicted octanol–water partition coefficient (Wildman–Crippen LogP) is 1.14. The van der Waals surface area contributed by atoms with E-state index in [2.05, 4.69) is 4.98 Å². The Morgan fingerprint density at radius 1 is 1.38 bits per heavy atom. The monoisotopic (exact) mass is 220 g/mol. The molecule has 0 spiro atoms. The summed E-state index contributed by atoms with van der Waals surface area (Å²) in [6.07, 6.45) is 5.10. The third-order valence-electron chi connectivity index (χ3n) is 3.77. The van der Waals surface area contributed by atoms with Gasteiger partial charge < -0.3 is 15.0 Å². The van der Waals surface area contributed by atoms with Crippen molar-refractivity contribution in [2.24, 2.45) is 0 Å². The van der Waals surface area contributed by atoms with Crippen LogP contribution in [-0.2, 0) is 0 Å². The smallest absolute Gasteiger partial charge is 0.270 e. The molecule has 3 rings (SSSR count). The summed E-state index contributed by atoms with van der Waals surface area (Å²) in [6, 6.07) is 4.13. The minimum atomic E-state index is -0.217. The molecule has 0 aliphatic carbocycles. The van der Waals surface area contributed by atoms with Gasteiger partial charge >= 0.3 is 0 Å². The van der Waals surface area contributed by atoms with E-state index in [1.165, 1.54) is 0 Å². The molecule has 4 nitrogen and oxygen atoms in total. The maximum absolute atomic E-state index is 12.2. The summed E-state index contributed by atoms with van der Waals surface area (Å²) in [7, 11) is 0. The molecule has 2 fully saturated rings. The zero-order chi connectivity index (χ0) is 11.1. The fourth-order valence-corrected chi connectivity index (χ4v) is 3.08. The van der Waals surface area contributed by atoms with Gasteiger partial charge in [-0.2, -0.15) is 0 Å². The van der Waals surface area contributed by atoms with Crippen LogP contribution < -0.4 is 0 Å². The SMILES string of the molecule is O=C(c1ccc[nH]1)N1C2CCC1CC(O)C2. The average molecular weight is 220 g/mol. The van der Waals surface area contributed by atoms with E-state index >= 15 is 0 Å². The van der Waals surface area contributed by atoms with E-state index in [1.54, 1.807) is 6.20 Å². The quantitative estimate of drug-likeness (QED) is 0.745. The maximum Gasteiger partial charge on any atom is 0.270 e. The number of aromatic amines is 1. The zero-order valence-electron chi connectivity index (χ0n) is 9.10. The molecule has 2 saturated heterocycles. The number of nitrogens with zero attached hydrogens (tertiary/aromatic N) is 1. The zero-order valence-corrected chi connectivity index (χ0v) is 9.10. The molecule has 3 heterocycles. The van der Waals surface area contributed by atoms with Crippen molar-refractivity contribution in [3.05, 3.63) is 24.0 Å². The summed E-state index contributed by atoms with van der Waals surface area (Å²) >= 11 is 0. The first-order valence-corrected chi connectivity index (χ1v) is 5.90. The van der Waals surface area contributed by atoms with Gasteiger partial charge in [-0.15, -0.1) is 0 Å². The van der Waals surface area contributed by atoms with Crippen LogP contribution in [-0.4, -0.2) is 39.1 Å². The van der Waals surface area contributed by atoms with E-state index in [-0.39, 0.29) is 24.1 Å². The van der Waals surface area contributed by atoms with Gasteiger partial charge in [0.25, 0.3) is 5.91 Å². The number of hydrogen-bond donors (Lipinski definition) is 2. The molecule has 2 aliphatic heterocycles. The molecule has 1 aromatic heterocycles. The van der Waals surface area contributed by atoms with Crippen molar-refractivity contribution in [3.63, 3.8) is 0 Å². The van der Waals surface area contributed by atoms with Crippen molar-refractivity contribution in [2.45, 2.75) is 43.9 Å². The largest absolute Gasteiger partial charge is 0.393 e. The van der Waals surface area contributed by atoms with Crippen LogP contribution in [0.25, 0.3) is 0 Å². The molecule has 16 heavy (non-hydrogen) atoms. The minimum Gasteiger partial charge on any atom is -0.393 e. The van der Waals surface area contributed by atoms with Crippen molar-refractivity contribution in [1.82, 2.24) is 9.88 Å². The van der Waals surface area contributed by atoms with Crippen molar-refractivity contribution in [3.8, 4) is 0 Å². The van der Waals surface area contributed by atoms with Crippen LogP contribution in [0.1, 0.15) is 36.2 Å². The molecule has 2 atom stereocenters. The number of hydrogen-bond acceptors (Lipinski definition) is 2. The summed E-state index contributed by atoms with van der Waals surface area (Å²) in [5, 5.41) is 9.67. The van der Waals surface area contributed by atoms with Crippen LogP contribution in [0, 0.1) is 0 Å². The van der Waals surface area contributed by atoms with Gasteiger partial charge in [-0.1, -0.05) is 0 Å². The third kappa shape index (κ3) is 1.45. The van der Waals surface area contributed by atoms with Crippen molar-refractivity contribution < 1.29 is 9.90 Å². The van der Waals surface area contributed by atoms with Gasteiger partial charge in [0.1, 0.15) is 5.69 Å². The topological polar surface area (TPSA) is 56.3 Å². The lowest BCUT2D eigenvalue weighted by molar-refractivity contribution is 0.0283. The number of carbonyl (C=O) groups excluding carboxylic acids is 1. The molecular formula is C12H16N2O2. The standard InChI is InChI=1S/C12H16N2O2/c15-10-6-8-3-4-9(7-10)14(8)12(16)11-2-1-5-13-11/h1-2,5,8-10,13,15H,3-4,6-7H2. The van der Waals surface area contributed by atoms with E-state index in [0.29, 0.717) is 5.69 Å². The highest BCUT2D eigenvalue weighted by Crippen LogP contribution is 2.36. The van der Waals surface area contributed by atoms with E-state index in [4.69, 9.17) is 0 Å². The highest BCUT2D eigenvalue weighted by molar-refractivity contribution is 5.93. The van der Waals surface area contributed by atoms with Crippen molar-refractivity contribution in [2.75, 3.05) is 0 Å². The maximum atomic E-state index is 12.2. The molecular weight excluding hydrogens is 204 g/mol. The number of nitrogens with one attached hydrogen (secondary N) is 1. The summed E-state index contributed by atoms with van der Waals surface area (Å²) in [5.74, 6) is 0.0874. The lowest BCUT2D eigenvalue weighted by Gasteiger charge is -2.36. The molecule has 86 valence electrons. The molecule has 2 bridgehead atoms. The Morgan fingerprint density at radius 2 is 2.06 bits per heavy atom. The summed E-state index contributed by atoms with van der Waals surface area (Å²) in [5.41, 5.74) is 0.660. The van der Waals surface area contributed by atoms with Gasteiger partial charge in [0.15, 0.2) is 0 Å². The minimum absolute atomic E-state index is 0.0874. The summed E-state index contributed by atoms with van der Waals surface area (Å²) < 4.78 is 0. The average Bonchev–Trinajstić information content (AvgIpc) is 2.85. The molecule has 4 heteroatoms. The molecule has 1 amide bonds. The second kappa shape index (κ2) is 3.63. The molecule has 2 N–H and O–H groups in total. The van der Waals surface area contributed by atoms with E-state index in [0.717, 1.165) is 25.7 Å². The van der Waals surface area contributed by atoms with Gasteiger partial charge in [-0.25, -0.2) is 0 Å². The first kappa shape index (κ1) is 9.90. The Bertz CT molecular complexity index is 374.